The third-order valence-corrected chi connectivity index (χ3v) is 2.76. The van der Waals surface area contributed by atoms with Gasteiger partial charge in [-0.25, -0.2) is 0 Å². The molecule has 0 bridgehead atoms. The molecule has 1 aliphatic heterocycles. The molecule has 0 saturated carbocycles. The van der Waals surface area contributed by atoms with Gasteiger partial charge in [-0.15, -0.1) is 0 Å². The first-order valence-electron chi connectivity index (χ1n) is 5.69. The molecule has 2 N–H and O–H groups in total. The van der Waals surface area contributed by atoms with Crippen LogP contribution in [0.2, 0.25) is 0 Å². The van der Waals surface area contributed by atoms with E-state index < -0.39 is 0 Å². The summed E-state index contributed by atoms with van der Waals surface area (Å²) in [5.41, 5.74) is 5.93. The van der Waals surface area contributed by atoms with Gasteiger partial charge in [-0.1, -0.05) is 13.8 Å². The zero-order chi connectivity index (χ0) is 12.1. The second-order valence-electron chi connectivity index (χ2n) is 4.55. The summed E-state index contributed by atoms with van der Waals surface area (Å²) in [5.74, 6) is 1.12. The number of nitrogens with two attached hydrogens (primary N) is 1. The van der Waals surface area contributed by atoms with Crippen LogP contribution >= 0.6 is 0 Å². The van der Waals surface area contributed by atoms with Crippen molar-refractivity contribution in [3.63, 3.8) is 0 Å². The highest BCUT2D eigenvalue weighted by Gasteiger charge is 2.33. The van der Waals surface area contributed by atoms with Gasteiger partial charge in [-0.3, -0.25) is 4.99 Å². The van der Waals surface area contributed by atoms with Gasteiger partial charge in [0.1, 0.15) is 12.2 Å². The van der Waals surface area contributed by atoms with E-state index in [2.05, 4.69) is 18.8 Å². The fourth-order valence-corrected chi connectivity index (χ4v) is 1.76. The Bertz CT molecular complexity index is 231. The number of ether oxygens (including phenoxy) is 2. The molecule has 0 aliphatic carbocycles. The first-order valence-corrected chi connectivity index (χ1v) is 5.69. The molecule has 94 valence electrons. The second kappa shape index (κ2) is 6.06. The van der Waals surface area contributed by atoms with Gasteiger partial charge in [0.15, 0.2) is 5.96 Å². The Morgan fingerprint density at radius 1 is 1.31 bits per heavy atom. The quantitative estimate of drug-likeness (QED) is 0.556. The van der Waals surface area contributed by atoms with Crippen molar-refractivity contribution < 1.29 is 9.47 Å². The van der Waals surface area contributed by atoms with E-state index in [-0.39, 0.29) is 12.2 Å². The summed E-state index contributed by atoms with van der Waals surface area (Å²) in [6.45, 7) is 6.51. The maximum absolute atomic E-state index is 5.93. The van der Waals surface area contributed by atoms with Crippen LogP contribution in [0, 0.1) is 5.92 Å². The van der Waals surface area contributed by atoms with Crippen LogP contribution in [0.5, 0.6) is 0 Å². The van der Waals surface area contributed by atoms with Crippen molar-refractivity contribution in [2.75, 3.05) is 33.9 Å². The van der Waals surface area contributed by atoms with Crippen LogP contribution in [-0.2, 0) is 9.47 Å². The maximum atomic E-state index is 5.93. The lowest BCUT2D eigenvalue weighted by molar-refractivity contribution is -0.00461. The first kappa shape index (κ1) is 13.3. The third-order valence-electron chi connectivity index (χ3n) is 2.76. The Hall–Kier alpha value is -0.810. The first-order chi connectivity index (χ1) is 7.58. The highest BCUT2D eigenvalue weighted by Crippen LogP contribution is 2.15. The largest absolute Gasteiger partial charge is 0.377 e. The molecule has 0 aromatic heterocycles. The van der Waals surface area contributed by atoms with Crippen molar-refractivity contribution in [2.24, 2.45) is 16.6 Å². The Balaban J connectivity index is 2.53. The van der Waals surface area contributed by atoms with Crippen LogP contribution in [0.1, 0.15) is 13.8 Å². The Morgan fingerprint density at radius 3 is 2.19 bits per heavy atom. The fraction of sp³-hybridized carbons (Fsp3) is 0.909. The van der Waals surface area contributed by atoms with Gasteiger partial charge in [-0.2, -0.15) is 0 Å². The van der Waals surface area contributed by atoms with Gasteiger partial charge in [0.2, 0.25) is 0 Å². The van der Waals surface area contributed by atoms with Crippen LogP contribution < -0.4 is 5.73 Å². The van der Waals surface area contributed by atoms with E-state index >= 15 is 0 Å². The molecule has 0 amide bonds. The number of methoxy groups -OCH3 is 2. The van der Waals surface area contributed by atoms with E-state index in [0.717, 1.165) is 19.6 Å². The van der Waals surface area contributed by atoms with E-state index in [9.17, 15) is 0 Å². The third kappa shape index (κ3) is 3.35. The molecule has 2 atom stereocenters. The number of hydrogen-bond donors (Lipinski definition) is 1. The van der Waals surface area contributed by atoms with Crippen molar-refractivity contribution in [1.29, 1.82) is 0 Å². The number of rotatable bonds is 4. The second-order valence-corrected chi connectivity index (χ2v) is 4.55. The van der Waals surface area contributed by atoms with Gasteiger partial charge in [0.25, 0.3) is 0 Å². The molecule has 2 unspecified atom stereocenters. The number of aliphatic imine (C=N–C) groups is 1. The molecule has 1 heterocycles. The average Bonchev–Trinajstić information content (AvgIpc) is 2.68. The van der Waals surface area contributed by atoms with Crippen molar-refractivity contribution in [2.45, 2.75) is 26.1 Å². The SMILES string of the molecule is COC1CN(C(N)=NCC(C)C)CC1OC. The lowest BCUT2D eigenvalue weighted by Gasteiger charge is -2.16. The zero-order valence-corrected chi connectivity index (χ0v) is 10.6. The Morgan fingerprint density at radius 2 is 1.81 bits per heavy atom. The highest BCUT2D eigenvalue weighted by molar-refractivity contribution is 5.78. The normalized spacial score (nSPS) is 26.8. The van der Waals surface area contributed by atoms with Gasteiger partial charge >= 0.3 is 0 Å². The molecule has 16 heavy (non-hydrogen) atoms. The van der Waals surface area contributed by atoms with Crippen molar-refractivity contribution >= 4 is 5.96 Å². The molecular formula is C11H23N3O2. The topological polar surface area (TPSA) is 60.1 Å². The monoisotopic (exact) mass is 229 g/mol. The van der Waals surface area contributed by atoms with E-state index in [1.807, 2.05) is 4.90 Å². The minimum Gasteiger partial charge on any atom is -0.377 e. The summed E-state index contributed by atoms with van der Waals surface area (Å²) < 4.78 is 10.7. The highest BCUT2D eigenvalue weighted by atomic mass is 16.5. The van der Waals surface area contributed by atoms with E-state index in [0.29, 0.717) is 11.9 Å². The number of hydrogen-bond acceptors (Lipinski definition) is 3. The van der Waals surface area contributed by atoms with Crippen LogP contribution in [0.4, 0.5) is 0 Å². The standard InChI is InChI=1S/C11H23N3O2/c1-8(2)5-13-11(12)14-6-9(15-3)10(7-14)16-4/h8-10H,5-7H2,1-4H3,(H2,12,13). The predicted molar refractivity (Wildman–Crippen MR) is 64.5 cm³/mol. The molecule has 1 rings (SSSR count). The summed E-state index contributed by atoms with van der Waals surface area (Å²) >= 11 is 0. The van der Waals surface area contributed by atoms with E-state index in [1.165, 1.54) is 0 Å². The summed E-state index contributed by atoms with van der Waals surface area (Å²) in [6.07, 6.45) is 0.163. The van der Waals surface area contributed by atoms with Crippen molar-refractivity contribution in [1.82, 2.24) is 4.90 Å². The lowest BCUT2D eigenvalue weighted by atomic mass is 10.2. The van der Waals surface area contributed by atoms with Crippen LogP contribution in [0.3, 0.4) is 0 Å². The van der Waals surface area contributed by atoms with E-state index in [4.69, 9.17) is 15.2 Å². The number of nitrogens with zero attached hydrogens (tertiary/aromatic N) is 2. The zero-order valence-electron chi connectivity index (χ0n) is 10.6. The number of guanidine groups is 1. The Kier molecular flexibility index (Phi) is 5.02. The molecule has 5 nitrogen and oxygen atoms in total. The van der Waals surface area contributed by atoms with Crippen molar-refractivity contribution in [3.05, 3.63) is 0 Å². The minimum absolute atomic E-state index is 0.0813. The minimum atomic E-state index is 0.0813. The van der Waals surface area contributed by atoms with E-state index in [1.54, 1.807) is 14.2 Å². The maximum Gasteiger partial charge on any atom is 0.191 e. The van der Waals surface area contributed by atoms with Gasteiger partial charge < -0.3 is 20.1 Å². The summed E-state index contributed by atoms with van der Waals surface area (Å²) in [6, 6.07) is 0. The molecular weight excluding hydrogens is 206 g/mol. The molecule has 1 fully saturated rings. The molecule has 0 aromatic carbocycles. The Labute approximate surface area is 97.6 Å². The summed E-state index contributed by atoms with van der Waals surface area (Å²) in [5, 5.41) is 0. The summed E-state index contributed by atoms with van der Waals surface area (Å²) in [4.78, 5) is 6.37. The average molecular weight is 229 g/mol. The summed E-state index contributed by atoms with van der Waals surface area (Å²) in [7, 11) is 3.39. The molecule has 1 saturated heterocycles. The van der Waals surface area contributed by atoms with Gasteiger partial charge in [0, 0.05) is 33.9 Å². The lowest BCUT2D eigenvalue weighted by Crippen LogP contribution is -2.37. The van der Waals surface area contributed by atoms with Crippen LogP contribution in [0.25, 0.3) is 0 Å². The smallest absolute Gasteiger partial charge is 0.191 e. The number of likely N-dealkylation sites (tertiary alicyclic amines) is 1. The van der Waals surface area contributed by atoms with Gasteiger partial charge in [0.05, 0.1) is 0 Å². The van der Waals surface area contributed by atoms with Crippen molar-refractivity contribution in [3.8, 4) is 0 Å². The fourth-order valence-electron chi connectivity index (χ4n) is 1.76. The van der Waals surface area contributed by atoms with Crippen LogP contribution in [0.15, 0.2) is 4.99 Å². The molecule has 5 heteroatoms. The van der Waals surface area contributed by atoms with Gasteiger partial charge in [-0.05, 0) is 5.92 Å². The molecule has 0 spiro atoms. The molecule has 0 radical (unpaired) electrons. The van der Waals surface area contributed by atoms with Crippen LogP contribution in [-0.4, -0.2) is 56.9 Å². The molecule has 0 aromatic rings. The predicted octanol–water partition coefficient (Wildman–Crippen LogP) is 0.303. The molecule has 1 aliphatic rings.